The van der Waals surface area contributed by atoms with Crippen molar-refractivity contribution in [2.75, 3.05) is 18.4 Å². The number of nitrogens with one attached hydrogen (secondary N) is 2. The highest BCUT2D eigenvalue weighted by atomic mass is 31.0. The second-order valence-electron chi connectivity index (χ2n) is 7.82. The Labute approximate surface area is 180 Å². The number of aryl methyl sites for hydroxylation is 1. The smallest absolute Gasteiger partial charge is 0.229 e. The number of pyridine rings is 1. The summed E-state index contributed by atoms with van der Waals surface area (Å²) in [4.78, 5) is 21.6. The topological polar surface area (TPSA) is 92.4 Å². The minimum absolute atomic E-state index is 0.0152. The van der Waals surface area contributed by atoms with Gasteiger partial charge in [-0.3, -0.25) is 9.79 Å². The number of rotatable bonds is 8. The van der Waals surface area contributed by atoms with Crippen LogP contribution in [0.1, 0.15) is 31.4 Å². The first kappa shape index (κ1) is 22.0. The van der Waals surface area contributed by atoms with Crippen LogP contribution in [0.4, 0.5) is 5.82 Å². The van der Waals surface area contributed by atoms with Crippen molar-refractivity contribution in [3.05, 3.63) is 65.1 Å². The van der Waals surface area contributed by atoms with E-state index in [-0.39, 0.29) is 17.2 Å². The standard InChI is InChI=1S/C23H30N5OP/c1-4-25-13-20(16(3)24)27-14-23(17-7-5-15(2)6-8-17)11-19(23)22(29)28-21-10-9-18(30)12-26-21/h5-10,12-13,19,27H,4,11,14,24,30H2,1-3H3,(H,26,28,29)/b20-16+,25-13?. The molecule has 2 aromatic rings. The van der Waals surface area contributed by atoms with Crippen LogP contribution in [0, 0.1) is 12.8 Å². The van der Waals surface area contributed by atoms with Gasteiger partial charge in [0.05, 0.1) is 11.6 Å². The maximum atomic E-state index is 13.0. The molecular weight excluding hydrogens is 393 g/mol. The summed E-state index contributed by atoms with van der Waals surface area (Å²) < 4.78 is 0. The highest BCUT2D eigenvalue weighted by Gasteiger charge is 2.59. The molecule has 3 atom stereocenters. The van der Waals surface area contributed by atoms with Crippen molar-refractivity contribution >= 4 is 32.5 Å². The zero-order chi connectivity index (χ0) is 21.7. The van der Waals surface area contributed by atoms with Gasteiger partial charge in [-0.1, -0.05) is 29.8 Å². The number of nitrogens with zero attached hydrogens (tertiary/aromatic N) is 2. The molecule has 4 N–H and O–H groups in total. The molecule has 158 valence electrons. The Morgan fingerprint density at radius 3 is 2.67 bits per heavy atom. The summed E-state index contributed by atoms with van der Waals surface area (Å²) in [5.74, 6) is 0.406. The van der Waals surface area contributed by atoms with Crippen molar-refractivity contribution in [1.29, 1.82) is 0 Å². The number of aromatic nitrogens is 1. The third kappa shape index (κ3) is 5.06. The minimum Gasteiger partial charge on any atom is -0.401 e. The molecule has 7 heteroatoms. The number of aliphatic imine (C=N–C) groups is 1. The number of benzene rings is 1. The number of carbonyl (C=O) groups excluding carboxylic acids is 1. The number of anilines is 1. The van der Waals surface area contributed by atoms with Crippen LogP contribution in [0.2, 0.25) is 0 Å². The van der Waals surface area contributed by atoms with Gasteiger partial charge in [0.15, 0.2) is 0 Å². The quantitative estimate of drug-likeness (QED) is 0.450. The lowest BCUT2D eigenvalue weighted by atomic mass is 9.91. The normalized spacial score (nSPS) is 21.3. The molecule has 1 saturated carbocycles. The Kier molecular flexibility index (Phi) is 6.88. The first-order valence-electron chi connectivity index (χ1n) is 10.2. The third-order valence-corrected chi connectivity index (χ3v) is 5.82. The molecule has 1 aliphatic rings. The molecule has 0 saturated heterocycles. The molecular formula is C23H30N5OP. The molecule has 1 aromatic carbocycles. The summed E-state index contributed by atoms with van der Waals surface area (Å²) in [6, 6.07) is 12.1. The van der Waals surface area contributed by atoms with E-state index in [0.717, 1.165) is 23.0 Å². The molecule has 0 aliphatic heterocycles. The van der Waals surface area contributed by atoms with E-state index in [1.165, 1.54) is 5.56 Å². The summed E-state index contributed by atoms with van der Waals surface area (Å²) in [7, 11) is 2.59. The van der Waals surface area contributed by atoms with Crippen LogP contribution in [0.15, 0.2) is 59.0 Å². The summed E-state index contributed by atoms with van der Waals surface area (Å²) in [5.41, 5.74) is 9.55. The van der Waals surface area contributed by atoms with Gasteiger partial charge in [-0.15, -0.1) is 9.24 Å². The second kappa shape index (κ2) is 9.40. The monoisotopic (exact) mass is 423 g/mol. The third-order valence-electron chi connectivity index (χ3n) is 5.48. The van der Waals surface area contributed by atoms with E-state index in [1.807, 2.05) is 26.0 Å². The minimum atomic E-state index is -0.293. The fourth-order valence-electron chi connectivity index (χ4n) is 3.57. The van der Waals surface area contributed by atoms with Crippen molar-refractivity contribution in [2.24, 2.45) is 16.6 Å². The van der Waals surface area contributed by atoms with E-state index < -0.39 is 0 Å². The van der Waals surface area contributed by atoms with Gasteiger partial charge in [0.1, 0.15) is 5.82 Å². The van der Waals surface area contributed by atoms with E-state index >= 15 is 0 Å². The lowest BCUT2D eigenvalue weighted by Crippen LogP contribution is -2.33. The number of amides is 1. The van der Waals surface area contributed by atoms with Gasteiger partial charge in [0.2, 0.25) is 5.91 Å². The van der Waals surface area contributed by atoms with Crippen LogP contribution in [-0.2, 0) is 10.2 Å². The second-order valence-corrected chi connectivity index (χ2v) is 8.49. The lowest BCUT2D eigenvalue weighted by molar-refractivity contribution is -0.117. The molecule has 0 radical (unpaired) electrons. The number of nitrogens with two attached hydrogens (primary N) is 1. The van der Waals surface area contributed by atoms with Crippen LogP contribution >= 0.6 is 9.24 Å². The Hall–Kier alpha value is -2.72. The van der Waals surface area contributed by atoms with Crippen molar-refractivity contribution in [3.8, 4) is 0 Å². The van der Waals surface area contributed by atoms with Gasteiger partial charge in [0.25, 0.3) is 0 Å². The van der Waals surface area contributed by atoms with Crippen molar-refractivity contribution in [2.45, 2.75) is 32.6 Å². The Balaban J connectivity index is 1.81. The molecule has 6 nitrogen and oxygen atoms in total. The van der Waals surface area contributed by atoms with Crippen LogP contribution in [-0.4, -0.2) is 30.2 Å². The Morgan fingerprint density at radius 1 is 1.33 bits per heavy atom. The molecule has 3 rings (SSSR count). The van der Waals surface area contributed by atoms with Crippen molar-refractivity contribution < 1.29 is 4.79 Å². The van der Waals surface area contributed by atoms with Gasteiger partial charge in [0, 0.05) is 36.6 Å². The van der Waals surface area contributed by atoms with Gasteiger partial charge in [-0.05, 0) is 50.2 Å². The average molecular weight is 424 g/mol. The van der Waals surface area contributed by atoms with Crippen molar-refractivity contribution in [3.63, 3.8) is 0 Å². The number of hydrogen-bond acceptors (Lipinski definition) is 5. The van der Waals surface area contributed by atoms with E-state index in [1.54, 1.807) is 12.4 Å². The number of allylic oxidation sites excluding steroid dienone is 2. The molecule has 3 unspecified atom stereocenters. The molecule has 1 amide bonds. The van der Waals surface area contributed by atoms with Crippen LogP contribution in [0.5, 0.6) is 0 Å². The summed E-state index contributed by atoms with van der Waals surface area (Å²) in [6.07, 6.45) is 4.25. The maximum absolute atomic E-state index is 13.0. The molecule has 1 fully saturated rings. The van der Waals surface area contributed by atoms with Gasteiger partial charge in [-0.2, -0.15) is 0 Å². The van der Waals surface area contributed by atoms with Gasteiger partial charge < -0.3 is 16.4 Å². The maximum Gasteiger partial charge on any atom is 0.229 e. The Bertz CT molecular complexity index is 949. The SMILES string of the molecule is CCN=C/C(NCC1(c2ccc(C)cc2)CC1C(=O)Nc1ccc(P)cn1)=C(/C)N. The zero-order valence-corrected chi connectivity index (χ0v) is 18.9. The Morgan fingerprint density at radius 2 is 2.07 bits per heavy atom. The molecule has 0 bridgehead atoms. The van der Waals surface area contributed by atoms with E-state index in [9.17, 15) is 4.79 Å². The van der Waals surface area contributed by atoms with E-state index in [0.29, 0.717) is 24.6 Å². The molecule has 1 aromatic heterocycles. The van der Waals surface area contributed by atoms with E-state index in [4.69, 9.17) is 5.73 Å². The fourth-order valence-corrected chi connectivity index (χ4v) is 3.74. The summed E-state index contributed by atoms with van der Waals surface area (Å²) in [6.45, 7) is 7.18. The van der Waals surface area contributed by atoms with Crippen molar-refractivity contribution in [1.82, 2.24) is 10.3 Å². The largest absolute Gasteiger partial charge is 0.401 e. The molecule has 1 aliphatic carbocycles. The van der Waals surface area contributed by atoms with Crippen LogP contribution in [0.3, 0.4) is 0 Å². The highest BCUT2D eigenvalue weighted by Crippen LogP contribution is 2.54. The molecule has 30 heavy (non-hydrogen) atoms. The summed E-state index contributed by atoms with van der Waals surface area (Å²) >= 11 is 0. The first-order chi connectivity index (χ1) is 14.4. The summed E-state index contributed by atoms with van der Waals surface area (Å²) in [5, 5.41) is 7.37. The van der Waals surface area contributed by atoms with Crippen LogP contribution in [0.25, 0.3) is 0 Å². The van der Waals surface area contributed by atoms with Gasteiger partial charge >= 0.3 is 0 Å². The zero-order valence-electron chi connectivity index (χ0n) is 17.8. The fraction of sp³-hybridized carbons (Fsp3) is 0.348. The van der Waals surface area contributed by atoms with Crippen LogP contribution < -0.4 is 21.7 Å². The lowest BCUT2D eigenvalue weighted by Gasteiger charge is -2.21. The predicted molar refractivity (Wildman–Crippen MR) is 127 cm³/mol. The first-order valence-corrected chi connectivity index (χ1v) is 10.7. The van der Waals surface area contributed by atoms with E-state index in [2.05, 4.69) is 61.0 Å². The number of hydrogen-bond donors (Lipinski definition) is 3. The predicted octanol–water partition coefficient (Wildman–Crippen LogP) is 2.66. The number of carbonyl (C=O) groups is 1. The molecule has 0 spiro atoms. The van der Waals surface area contributed by atoms with Gasteiger partial charge in [-0.25, -0.2) is 4.98 Å². The average Bonchev–Trinajstić information content (AvgIpc) is 3.46. The molecule has 1 heterocycles. The highest BCUT2D eigenvalue weighted by molar-refractivity contribution is 7.27.